The van der Waals surface area contributed by atoms with Crippen LogP contribution in [-0.4, -0.2) is 42.1 Å². The summed E-state index contributed by atoms with van der Waals surface area (Å²) in [5.41, 5.74) is 9.33. The number of amides is 1. The van der Waals surface area contributed by atoms with Gasteiger partial charge in [0.2, 0.25) is 11.8 Å². The normalized spacial score (nSPS) is 11.1. The number of benzene rings is 3. The summed E-state index contributed by atoms with van der Waals surface area (Å²) >= 11 is 6.25. The van der Waals surface area contributed by atoms with E-state index in [1.54, 1.807) is 0 Å². The van der Waals surface area contributed by atoms with Gasteiger partial charge in [0.1, 0.15) is 10.8 Å². The minimum atomic E-state index is -0.577. The number of hydrogen-bond acceptors (Lipinski definition) is 5. The van der Waals surface area contributed by atoms with E-state index in [9.17, 15) is 4.79 Å². The van der Waals surface area contributed by atoms with Gasteiger partial charge in [-0.25, -0.2) is 4.98 Å². The topological polar surface area (TPSA) is 77.7 Å². The summed E-state index contributed by atoms with van der Waals surface area (Å²) in [4.78, 5) is 18.0. The summed E-state index contributed by atoms with van der Waals surface area (Å²) in [6.45, 7) is 5.50. The van der Waals surface area contributed by atoms with Crippen molar-refractivity contribution in [3.05, 3.63) is 124 Å². The molecule has 0 aliphatic heterocycles. The summed E-state index contributed by atoms with van der Waals surface area (Å²) < 4.78 is 11.5. The van der Waals surface area contributed by atoms with Crippen molar-refractivity contribution in [1.82, 2.24) is 9.88 Å². The Labute approximate surface area is 235 Å². The summed E-state index contributed by atoms with van der Waals surface area (Å²) in [7, 11) is 0. The Morgan fingerprint density at radius 2 is 1.59 bits per heavy atom. The van der Waals surface area contributed by atoms with Crippen LogP contribution in [0.15, 0.2) is 97.2 Å². The van der Waals surface area contributed by atoms with Crippen LogP contribution in [0.2, 0.25) is 5.02 Å². The van der Waals surface area contributed by atoms with Gasteiger partial charge in [-0.2, -0.15) is 0 Å². The molecule has 202 valence electrons. The summed E-state index contributed by atoms with van der Waals surface area (Å²) in [5.74, 6) is 0.811. The lowest BCUT2D eigenvalue weighted by molar-refractivity contribution is 0.1000. The maximum atomic E-state index is 11.4. The molecule has 1 amide bonds. The third-order valence-electron chi connectivity index (χ3n) is 6.43. The fourth-order valence-electron chi connectivity index (χ4n) is 4.51. The molecule has 3 aromatic carbocycles. The van der Waals surface area contributed by atoms with Gasteiger partial charge in [0, 0.05) is 31.7 Å². The number of rotatable bonds is 14. The largest absolute Gasteiger partial charge is 0.494 e. The Morgan fingerprint density at radius 3 is 2.15 bits per heavy atom. The number of nitrogens with zero attached hydrogens (tertiary/aromatic N) is 2. The lowest BCUT2D eigenvalue weighted by Gasteiger charge is -2.28. The molecule has 0 saturated heterocycles. The highest BCUT2D eigenvalue weighted by Gasteiger charge is 2.19. The quantitative estimate of drug-likeness (QED) is 0.188. The summed E-state index contributed by atoms with van der Waals surface area (Å²) in [6.07, 6.45) is 2.15. The van der Waals surface area contributed by atoms with Crippen molar-refractivity contribution in [3.63, 3.8) is 0 Å². The van der Waals surface area contributed by atoms with E-state index < -0.39 is 5.91 Å². The van der Waals surface area contributed by atoms with E-state index >= 15 is 0 Å². The highest BCUT2D eigenvalue weighted by Crippen LogP contribution is 2.27. The molecule has 4 rings (SSSR count). The zero-order valence-corrected chi connectivity index (χ0v) is 22.9. The van der Waals surface area contributed by atoms with Gasteiger partial charge in [-0.1, -0.05) is 84.4 Å². The highest BCUT2D eigenvalue weighted by molar-refractivity contribution is 6.32. The third kappa shape index (κ3) is 8.31. The van der Waals surface area contributed by atoms with Crippen molar-refractivity contribution < 1.29 is 14.3 Å². The Bertz CT molecular complexity index is 1280. The second-order valence-electron chi connectivity index (χ2n) is 9.26. The van der Waals surface area contributed by atoms with E-state index in [2.05, 4.69) is 82.7 Å². The molecule has 0 saturated carbocycles. The molecule has 1 aromatic heterocycles. The van der Waals surface area contributed by atoms with E-state index in [4.69, 9.17) is 26.8 Å². The van der Waals surface area contributed by atoms with Gasteiger partial charge >= 0.3 is 0 Å². The second kappa shape index (κ2) is 14.3. The molecule has 6 nitrogen and oxygen atoms in total. The van der Waals surface area contributed by atoms with E-state index in [1.165, 1.54) is 29.0 Å². The molecule has 0 fully saturated rings. The van der Waals surface area contributed by atoms with Crippen LogP contribution in [0.5, 0.6) is 11.6 Å². The molecule has 7 heteroatoms. The van der Waals surface area contributed by atoms with Crippen molar-refractivity contribution in [2.24, 2.45) is 5.73 Å². The molecule has 1 heterocycles. The zero-order valence-electron chi connectivity index (χ0n) is 22.1. The van der Waals surface area contributed by atoms with Crippen LogP contribution in [0.4, 0.5) is 0 Å². The molecule has 0 bridgehead atoms. The van der Waals surface area contributed by atoms with Crippen LogP contribution in [0, 0.1) is 0 Å². The number of aromatic nitrogens is 1. The molecule has 4 aromatic rings. The SMILES string of the molecule is CCOc1ccc(CN(CCCOc2ncc(C(N)=O)cc2Cl)CC(c2ccccc2)c2ccccc2)cc1. The lowest BCUT2D eigenvalue weighted by atomic mass is 9.90. The second-order valence-corrected chi connectivity index (χ2v) is 9.67. The fraction of sp³-hybridized carbons (Fsp3) is 0.250. The van der Waals surface area contributed by atoms with E-state index in [-0.39, 0.29) is 16.5 Å². The predicted octanol–water partition coefficient (Wildman–Crippen LogP) is 6.34. The first kappa shape index (κ1) is 28.1. The van der Waals surface area contributed by atoms with Crippen molar-refractivity contribution >= 4 is 17.5 Å². The molecule has 39 heavy (non-hydrogen) atoms. The lowest BCUT2D eigenvalue weighted by Crippen LogP contribution is -2.30. The average Bonchev–Trinajstić information content (AvgIpc) is 2.96. The Hall–Kier alpha value is -3.87. The molecule has 0 unspecified atom stereocenters. The number of halogens is 1. The Kier molecular flexibility index (Phi) is 10.3. The van der Waals surface area contributed by atoms with Crippen LogP contribution < -0.4 is 15.2 Å². The number of hydrogen-bond donors (Lipinski definition) is 1. The van der Waals surface area contributed by atoms with Crippen LogP contribution >= 0.6 is 11.6 Å². The maximum absolute atomic E-state index is 11.4. The zero-order chi connectivity index (χ0) is 27.5. The Balaban J connectivity index is 1.48. The first-order valence-electron chi connectivity index (χ1n) is 13.2. The van der Waals surface area contributed by atoms with Crippen molar-refractivity contribution in [1.29, 1.82) is 0 Å². The number of primary amides is 1. The van der Waals surface area contributed by atoms with E-state index in [0.29, 0.717) is 19.1 Å². The van der Waals surface area contributed by atoms with Crippen LogP contribution in [0.25, 0.3) is 0 Å². The number of ether oxygens (including phenoxy) is 2. The monoisotopic (exact) mass is 543 g/mol. The van der Waals surface area contributed by atoms with Crippen molar-refractivity contribution in [2.45, 2.75) is 25.8 Å². The van der Waals surface area contributed by atoms with Gasteiger partial charge in [0.15, 0.2) is 0 Å². The molecule has 2 N–H and O–H groups in total. The van der Waals surface area contributed by atoms with Gasteiger partial charge in [-0.15, -0.1) is 0 Å². The molecular weight excluding hydrogens is 510 g/mol. The molecule has 0 atom stereocenters. The molecule has 0 radical (unpaired) electrons. The highest BCUT2D eigenvalue weighted by atomic mass is 35.5. The van der Waals surface area contributed by atoms with Crippen molar-refractivity contribution in [3.8, 4) is 11.6 Å². The van der Waals surface area contributed by atoms with E-state index in [1.807, 2.05) is 19.1 Å². The third-order valence-corrected chi connectivity index (χ3v) is 6.71. The van der Waals surface area contributed by atoms with E-state index in [0.717, 1.165) is 31.8 Å². The standard InChI is InChI=1S/C32H34ClN3O3/c1-2-38-28-16-14-24(15-17-28)22-36(18-9-19-39-32-30(33)20-27(21-35-32)31(34)37)23-29(25-10-5-3-6-11-25)26-12-7-4-8-13-26/h3-8,10-17,20-21,29H,2,9,18-19,22-23H2,1H3,(H2,34,37). The maximum Gasteiger partial charge on any atom is 0.250 e. The summed E-state index contributed by atoms with van der Waals surface area (Å²) in [5, 5.41) is 0.269. The minimum absolute atomic E-state index is 0.216. The fourth-order valence-corrected chi connectivity index (χ4v) is 4.73. The molecule has 0 aliphatic carbocycles. The molecular formula is C32H34ClN3O3. The molecule has 0 spiro atoms. The minimum Gasteiger partial charge on any atom is -0.494 e. The van der Waals surface area contributed by atoms with Gasteiger partial charge in [0.05, 0.1) is 18.8 Å². The summed E-state index contributed by atoms with van der Waals surface area (Å²) in [6, 6.07) is 31.0. The number of nitrogens with two attached hydrogens (primary N) is 1. The van der Waals surface area contributed by atoms with Crippen molar-refractivity contribution in [2.75, 3.05) is 26.3 Å². The van der Waals surface area contributed by atoms with Crippen LogP contribution in [-0.2, 0) is 6.54 Å². The van der Waals surface area contributed by atoms with Gasteiger partial charge < -0.3 is 15.2 Å². The van der Waals surface area contributed by atoms with Gasteiger partial charge in [-0.3, -0.25) is 9.69 Å². The first-order valence-corrected chi connectivity index (χ1v) is 13.5. The van der Waals surface area contributed by atoms with Crippen LogP contribution in [0.3, 0.4) is 0 Å². The average molecular weight is 544 g/mol. The Morgan fingerprint density at radius 1 is 0.949 bits per heavy atom. The number of carbonyl (C=O) groups is 1. The predicted molar refractivity (Wildman–Crippen MR) is 155 cm³/mol. The van der Waals surface area contributed by atoms with Crippen LogP contribution in [0.1, 0.15) is 46.3 Å². The smallest absolute Gasteiger partial charge is 0.250 e. The first-order chi connectivity index (χ1) is 19.0. The molecule has 0 aliphatic rings. The van der Waals surface area contributed by atoms with Gasteiger partial charge in [0.25, 0.3) is 0 Å². The van der Waals surface area contributed by atoms with Gasteiger partial charge in [-0.05, 0) is 48.2 Å². The number of pyridine rings is 1. The number of carbonyl (C=O) groups excluding carboxylic acids is 1.